The highest BCUT2D eigenvalue weighted by Crippen LogP contribution is 2.18. The Morgan fingerprint density at radius 3 is 1.03 bits per heavy atom. The van der Waals surface area contributed by atoms with Crippen molar-refractivity contribution in [2.24, 2.45) is 0 Å². The lowest BCUT2D eigenvalue weighted by molar-refractivity contribution is -0.143. The van der Waals surface area contributed by atoms with E-state index in [1.54, 1.807) is 0 Å². The van der Waals surface area contributed by atoms with Crippen molar-refractivity contribution in [1.29, 1.82) is 0 Å². The SMILES string of the molecule is CCCCCCCC/C=C\CCCCCCCC(=O)OCCCCCCCCCCCCCCCCCCCCCCCCCC(=O)NC(CO)C(O)CCCCCCCCCCCCCCCC. The summed E-state index contributed by atoms with van der Waals surface area (Å²) in [6.45, 7) is 4.97. The first kappa shape index (κ1) is 67.6. The van der Waals surface area contributed by atoms with E-state index in [2.05, 4.69) is 31.3 Å². The number of aliphatic hydroxyl groups excluding tert-OH is 2. The Bertz CT molecular complexity index is 1030. The van der Waals surface area contributed by atoms with Crippen molar-refractivity contribution in [2.45, 2.75) is 366 Å². The maximum absolute atomic E-state index is 12.5. The van der Waals surface area contributed by atoms with E-state index >= 15 is 0 Å². The normalized spacial score (nSPS) is 12.6. The molecule has 0 bridgehead atoms. The number of carbonyl (C=O) groups is 2. The van der Waals surface area contributed by atoms with Gasteiger partial charge in [-0.25, -0.2) is 0 Å². The molecule has 2 atom stereocenters. The molecule has 69 heavy (non-hydrogen) atoms. The zero-order valence-electron chi connectivity index (χ0n) is 46.8. The molecule has 0 rings (SSSR count). The van der Waals surface area contributed by atoms with Gasteiger partial charge in [0.1, 0.15) is 0 Å². The van der Waals surface area contributed by atoms with E-state index in [4.69, 9.17) is 4.74 Å². The molecular weight excluding hydrogens is 851 g/mol. The fourth-order valence-corrected chi connectivity index (χ4v) is 9.99. The van der Waals surface area contributed by atoms with E-state index in [0.29, 0.717) is 25.9 Å². The Hall–Kier alpha value is -1.40. The molecule has 0 fully saturated rings. The van der Waals surface area contributed by atoms with Crippen LogP contribution in [0.5, 0.6) is 0 Å². The fraction of sp³-hybridized carbons (Fsp3) is 0.937. The summed E-state index contributed by atoms with van der Waals surface area (Å²) >= 11 is 0. The number of allylic oxidation sites excluding steroid dienone is 2. The van der Waals surface area contributed by atoms with Gasteiger partial charge in [0, 0.05) is 12.8 Å². The molecule has 0 saturated heterocycles. The minimum absolute atomic E-state index is 0.00718. The van der Waals surface area contributed by atoms with Crippen LogP contribution in [0, 0.1) is 0 Å². The van der Waals surface area contributed by atoms with Crippen LogP contribution in [0.2, 0.25) is 0 Å². The Morgan fingerprint density at radius 1 is 0.391 bits per heavy atom. The second-order valence-corrected chi connectivity index (χ2v) is 21.7. The van der Waals surface area contributed by atoms with Crippen molar-refractivity contribution in [1.82, 2.24) is 5.32 Å². The van der Waals surface area contributed by atoms with Gasteiger partial charge in [0.05, 0.1) is 25.4 Å². The number of aliphatic hydroxyl groups is 2. The number of hydrogen-bond donors (Lipinski definition) is 3. The third kappa shape index (κ3) is 55.8. The molecule has 0 aromatic rings. The topological polar surface area (TPSA) is 95.9 Å². The van der Waals surface area contributed by atoms with Gasteiger partial charge in [-0.3, -0.25) is 9.59 Å². The third-order valence-electron chi connectivity index (χ3n) is 14.8. The lowest BCUT2D eigenvalue weighted by Crippen LogP contribution is -2.45. The summed E-state index contributed by atoms with van der Waals surface area (Å²) in [5, 5.41) is 23.3. The van der Waals surface area contributed by atoms with Crippen LogP contribution in [0.1, 0.15) is 354 Å². The monoisotopic (exact) mass is 974 g/mol. The summed E-state index contributed by atoms with van der Waals surface area (Å²) in [5.74, 6) is -0.0252. The average Bonchev–Trinajstić information content (AvgIpc) is 3.35. The Morgan fingerprint density at radius 2 is 0.681 bits per heavy atom. The zero-order chi connectivity index (χ0) is 50.0. The van der Waals surface area contributed by atoms with Gasteiger partial charge in [-0.05, 0) is 51.4 Å². The molecule has 1 amide bonds. The van der Waals surface area contributed by atoms with Crippen molar-refractivity contribution >= 4 is 11.9 Å². The summed E-state index contributed by atoms with van der Waals surface area (Å²) in [6, 6.07) is -0.540. The molecular formula is C63H123NO5. The molecule has 0 saturated carbocycles. The van der Waals surface area contributed by atoms with Crippen molar-refractivity contribution < 1.29 is 24.5 Å². The van der Waals surface area contributed by atoms with Crippen LogP contribution in [-0.2, 0) is 14.3 Å². The molecule has 0 aromatic carbocycles. The van der Waals surface area contributed by atoms with Crippen LogP contribution < -0.4 is 5.32 Å². The quantitative estimate of drug-likeness (QED) is 0.0321. The maximum Gasteiger partial charge on any atom is 0.305 e. The second-order valence-electron chi connectivity index (χ2n) is 21.7. The van der Waals surface area contributed by atoms with Gasteiger partial charge in [0.25, 0.3) is 0 Å². The first-order valence-corrected chi connectivity index (χ1v) is 31.4. The lowest BCUT2D eigenvalue weighted by atomic mass is 10.0. The molecule has 0 aliphatic rings. The van der Waals surface area contributed by atoms with Gasteiger partial charge in [-0.1, -0.05) is 302 Å². The Balaban J connectivity index is 3.36. The number of rotatable bonds is 59. The number of hydrogen-bond acceptors (Lipinski definition) is 5. The molecule has 0 aromatic heterocycles. The minimum Gasteiger partial charge on any atom is -0.466 e. The Kier molecular flexibility index (Phi) is 58.0. The number of nitrogens with one attached hydrogen (secondary N) is 1. The minimum atomic E-state index is -0.663. The first-order chi connectivity index (χ1) is 34.0. The molecule has 2 unspecified atom stereocenters. The number of amides is 1. The standard InChI is InChI=1S/C63H123NO5/c1-3-5-7-9-11-13-15-17-28-33-37-41-45-49-53-57-63(68)69-58-54-50-46-42-38-34-30-27-25-23-21-19-20-22-24-26-29-32-36-40-44-48-52-56-62(67)64-60(59-65)61(66)55-51-47-43-39-35-31-18-16-14-12-10-8-6-4-2/h17,28,60-61,65-66H,3-16,18-27,29-59H2,1-2H3,(H,64,67)/b28-17-. The van der Waals surface area contributed by atoms with Crippen molar-refractivity contribution in [3.8, 4) is 0 Å². The number of carbonyl (C=O) groups excluding carboxylic acids is 2. The van der Waals surface area contributed by atoms with Gasteiger partial charge < -0.3 is 20.3 Å². The summed E-state index contributed by atoms with van der Waals surface area (Å²) in [6.07, 6.45) is 70.8. The maximum atomic E-state index is 12.5. The molecule has 6 nitrogen and oxygen atoms in total. The van der Waals surface area contributed by atoms with Crippen molar-refractivity contribution in [3.05, 3.63) is 12.2 Å². The highest BCUT2D eigenvalue weighted by atomic mass is 16.5. The van der Waals surface area contributed by atoms with E-state index < -0.39 is 12.1 Å². The van der Waals surface area contributed by atoms with E-state index in [0.717, 1.165) is 44.9 Å². The van der Waals surface area contributed by atoms with Crippen LogP contribution in [0.3, 0.4) is 0 Å². The van der Waals surface area contributed by atoms with E-state index in [1.807, 2.05) is 0 Å². The summed E-state index contributed by atoms with van der Waals surface area (Å²) in [5.41, 5.74) is 0. The molecule has 0 heterocycles. The number of unbranched alkanes of at least 4 members (excludes halogenated alkanes) is 46. The van der Waals surface area contributed by atoms with Crippen LogP contribution in [0.15, 0.2) is 12.2 Å². The Labute approximate surface area is 431 Å². The predicted molar refractivity (Wildman–Crippen MR) is 301 cm³/mol. The molecule has 6 heteroatoms. The molecule has 0 aliphatic carbocycles. The van der Waals surface area contributed by atoms with Gasteiger partial charge >= 0.3 is 5.97 Å². The molecule has 410 valence electrons. The zero-order valence-corrected chi connectivity index (χ0v) is 46.8. The fourth-order valence-electron chi connectivity index (χ4n) is 9.99. The van der Waals surface area contributed by atoms with Gasteiger partial charge in [-0.15, -0.1) is 0 Å². The van der Waals surface area contributed by atoms with Crippen LogP contribution >= 0.6 is 0 Å². The van der Waals surface area contributed by atoms with Gasteiger partial charge in [-0.2, -0.15) is 0 Å². The molecule has 3 N–H and O–H groups in total. The summed E-state index contributed by atoms with van der Waals surface area (Å²) in [7, 11) is 0. The lowest BCUT2D eigenvalue weighted by Gasteiger charge is -2.22. The summed E-state index contributed by atoms with van der Waals surface area (Å²) in [4.78, 5) is 24.5. The number of ether oxygens (including phenoxy) is 1. The molecule has 0 radical (unpaired) electrons. The van der Waals surface area contributed by atoms with Crippen molar-refractivity contribution in [2.75, 3.05) is 13.2 Å². The van der Waals surface area contributed by atoms with Crippen LogP contribution in [0.25, 0.3) is 0 Å². The van der Waals surface area contributed by atoms with E-state index in [-0.39, 0.29) is 18.5 Å². The molecule has 0 aliphatic heterocycles. The van der Waals surface area contributed by atoms with E-state index in [9.17, 15) is 19.8 Å². The van der Waals surface area contributed by atoms with E-state index in [1.165, 1.54) is 276 Å². The summed E-state index contributed by atoms with van der Waals surface area (Å²) < 4.78 is 5.48. The van der Waals surface area contributed by atoms with Gasteiger partial charge in [0.15, 0.2) is 0 Å². The predicted octanol–water partition coefficient (Wildman–Crippen LogP) is 19.6. The first-order valence-electron chi connectivity index (χ1n) is 31.4. The largest absolute Gasteiger partial charge is 0.466 e. The van der Waals surface area contributed by atoms with Crippen molar-refractivity contribution in [3.63, 3.8) is 0 Å². The second kappa shape index (κ2) is 59.2. The smallest absolute Gasteiger partial charge is 0.305 e. The van der Waals surface area contributed by atoms with Crippen LogP contribution in [-0.4, -0.2) is 47.4 Å². The average molecular weight is 975 g/mol. The van der Waals surface area contributed by atoms with Crippen LogP contribution in [0.4, 0.5) is 0 Å². The third-order valence-corrected chi connectivity index (χ3v) is 14.8. The highest BCUT2D eigenvalue weighted by Gasteiger charge is 2.20. The van der Waals surface area contributed by atoms with Gasteiger partial charge in [0.2, 0.25) is 5.91 Å². The highest BCUT2D eigenvalue weighted by molar-refractivity contribution is 5.76. The number of esters is 1. The molecule has 0 spiro atoms.